The van der Waals surface area contributed by atoms with Crippen molar-refractivity contribution in [3.63, 3.8) is 0 Å². The van der Waals surface area contributed by atoms with E-state index in [1.54, 1.807) is 6.07 Å². The van der Waals surface area contributed by atoms with E-state index < -0.39 is 5.97 Å². The Kier molecular flexibility index (Phi) is 5.33. The van der Waals surface area contributed by atoms with Gasteiger partial charge in [-0.25, -0.2) is 4.79 Å². The summed E-state index contributed by atoms with van der Waals surface area (Å²) in [6.45, 7) is 4.77. The molecule has 21 heavy (non-hydrogen) atoms. The molecule has 0 aliphatic carbocycles. The van der Waals surface area contributed by atoms with Crippen LogP contribution in [0.1, 0.15) is 34.3 Å². The standard InChI is InChI=1S/C16H21NO4/c1-11-5-6-14(12(2)8-11)16(19)21-10-15(18)17-9-13-4-3-7-20-13/h5-6,8,13H,3-4,7,9-10H2,1-2H3,(H,17,18)/t13-/m0/s1. The molecule has 1 aromatic carbocycles. The Labute approximate surface area is 124 Å². The summed E-state index contributed by atoms with van der Waals surface area (Å²) in [5, 5.41) is 2.71. The molecule has 114 valence electrons. The highest BCUT2D eigenvalue weighted by Crippen LogP contribution is 2.12. The fraction of sp³-hybridized carbons (Fsp3) is 0.500. The molecule has 0 radical (unpaired) electrons. The lowest BCUT2D eigenvalue weighted by molar-refractivity contribution is -0.124. The summed E-state index contributed by atoms with van der Waals surface area (Å²) in [7, 11) is 0. The van der Waals surface area contributed by atoms with Crippen molar-refractivity contribution in [1.29, 1.82) is 0 Å². The van der Waals surface area contributed by atoms with E-state index in [9.17, 15) is 9.59 Å². The van der Waals surface area contributed by atoms with E-state index in [0.717, 1.165) is 30.6 Å². The van der Waals surface area contributed by atoms with Crippen LogP contribution < -0.4 is 5.32 Å². The van der Waals surface area contributed by atoms with Crippen LogP contribution in [0.5, 0.6) is 0 Å². The van der Waals surface area contributed by atoms with Crippen molar-refractivity contribution in [2.24, 2.45) is 0 Å². The van der Waals surface area contributed by atoms with Crippen LogP contribution in [0, 0.1) is 13.8 Å². The predicted octanol–water partition coefficient (Wildman–Crippen LogP) is 1.76. The fourth-order valence-electron chi connectivity index (χ4n) is 2.34. The average molecular weight is 291 g/mol. The second-order valence-electron chi connectivity index (χ2n) is 5.33. The number of carbonyl (C=O) groups is 2. The lowest BCUT2D eigenvalue weighted by Crippen LogP contribution is -2.34. The molecule has 1 amide bonds. The predicted molar refractivity (Wildman–Crippen MR) is 78.2 cm³/mol. The number of esters is 1. The third-order valence-electron chi connectivity index (χ3n) is 3.49. The van der Waals surface area contributed by atoms with E-state index in [0.29, 0.717) is 12.1 Å². The fourth-order valence-corrected chi connectivity index (χ4v) is 2.34. The van der Waals surface area contributed by atoms with Gasteiger partial charge < -0.3 is 14.8 Å². The van der Waals surface area contributed by atoms with Gasteiger partial charge in [0.15, 0.2) is 6.61 Å². The van der Waals surface area contributed by atoms with Crippen LogP contribution in [0.15, 0.2) is 18.2 Å². The number of carbonyl (C=O) groups excluding carboxylic acids is 2. The molecule has 1 aromatic rings. The topological polar surface area (TPSA) is 64.6 Å². The molecule has 1 saturated heterocycles. The lowest BCUT2D eigenvalue weighted by Gasteiger charge is -2.11. The van der Waals surface area contributed by atoms with Crippen molar-refractivity contribution >= 4 is 11.9 Å². The minimum absolute atomic E-state index is 0.0870. The summed E-state index contributed by atoms with van der Waals surface area (Å²) in [6, 6.07) is 5.48. The number of amides is 1. The molecule has 5 heteroatoms. The van der Waals surface area contributed by atoms with Crippen LogP contribution in [-0.4, -0.2) is 37.7 Å². The number of rotatable bonds is 5. The molecule has 0 aromatic heterocycles. The molecule has 5 nitrogen and oxygen atoms in total. The van der Waals surface area contributed by atoms with Crippen LogP contribution in [0.3, 0.4) is 0 Å². The molecule has 1 aliphatic heterocycles. The SMILES string of the molecule is Cc1ccc(C(=O)OCC(=O)NC[C@@H]2CCCO2)c(C)c1. The van der Waals surface area contributed by atoms with Crippen LogP contribution >= 0.6 is 0 Å². The Bertz CT molecular complexity index is 521. The van der Waals surface area contributed by atoms with Gasteiger partial charge in [-0.1, -0.05) is 17.7 Å². The maximum Gasteiger partial charge on any atom is 0.338 e. The Morgan fingerprint density at radius 3 is 2.86 bits per heavy atom. The summed E-state index contributed by atoms with van der Waals surface area (Å²) in [5.41, 5.74) is 2.42. The van der Waals surface area contributed by atoms with E-state index in [1.165, 1.54) is 0 Å². The summed E-state index contributed by atoms with van der Waals surface area (Å²) in [5.74, 6) is -0.775. The van der Waals surface area contributed by atoms with E-state index in [-0.39, 0.29) is 18.6 Å². The number of ether oxygens (including phenoxy) is 2. The smallest absolute Gasteiger partial charge is 0.338 e. The minimum Gasteiger partial charge on any atom is -0.452 e. The number of nitrogens with one attached hydrogen (secondary N) is 1. The average Bonchev–Trinajstić information content (AvgIpc) is 2.95. The molecular formula is C16H21NO4. The van der Waals surface area contributed by atoms with Gasteiger partial charge in [0.2, 0.25) is 0 Å². The van der Waals surface area contributed by atoms with Gasteiger partial charge in [-0.3, -0.25) is 4.79 Å². The molecule has 1 fully saturated rings. The van der Waals surface area contributed by atoms with E-state index in [2.05, 4.69) is 5.32 Å². The normalized spacial score (nSPS) is 17.5. The third-order valence-corrected chi connectivity index (χ3v) is 3.49. The first-order valence-electron chi connectivity index (χ1n) is 7.19. The molecule has 1 heterocycles. The monoisotopic (exact) mass is 291 g/mol. The van der Waals surface area contributed by atoms with Crippen LogP contribution in [0.25, 0.3) is 0 Å². The quantitative estimate of drug-likeness (QED) is 0.840. The molecule has 1 aliphatic rings. The molecule has 0 unspecified atom stereocenters. The number of aryl methyl sites for hydroxylation is 2. The summed E-state index contributed by atoms with van der Waals surface area (Å²) in [4.78, 5) is 23.5. The highest BCUT2D eigenvalue weighted by Gasteiger charge is 2.17. The second kappa shape index (κ2) is 7.22. The Morgan fingerprint density at radius 2 is 2.19 bits per heavy atom. The number of hydrogen-bond donors (Lipinski definition) is 1. The highest BCUT2D eigenvalue weighted by atomic mass is 16.5. The van der Waals surface area contributed by atoms with Gasteiger partial charge >= 0.3 is 5.97 Å². The zero-order valence-corrected chi connectivity index (χ0v) is 12.5. The first-order valence-corrected chi connectivity index (χ1v) is 7.19. The van der Waals surface area contributed by atoms with Crippen molar-refractivity contribution in [2.75, 3.05) is 19.8 Å². The minimum atomic E-state index is -0.472. The van der Waals surface area contributed by atoms with Crippen molar-refractivity contribution in [3.8, 4) is 0 Å². The summed E-state index contributed by atoms with van der Waals surface area (Å²) >= 11 is 0. The molecule has 2 rings (SSSR count). The van der Waals surface area contributed by atoms with Gasteiger partial charge in [-0.15, -0.1) is 0 Å². The maximum absolute atomic E-state index is 11.9. The zero-order chi connectivity index (χ0) is 15.2. The summed E-state index contributed by atoms with van der Waals surface area (Å²) in [6.07, 6.45) is 2.08. The van der Waals surface area contributed by atoms with Crippen molar-refractivity contribution in [1.82, 2.24) is 5.32 Å². The number of hydrogen-bond acceptors (Lipinski definition) is 4. The molecule has 1 N–H and O–H groups in total. The van der Waals surface area contributed by atoms with E-state index >= 15 is 0 Å². The van der Waals surface area contributed by atoms with Gasteiger partial charge in [0.05, 0.1) is 11.7 Å². The maximum atomic E-state index is 11.9. The van der Waals surface area contributed by atoms with Gasteiger partial charge in [-0.2, -0.15) is 0 Å². The largest absolute Gasteiger partial charge is 0.452 e. The number of benzene rings is 1. The van der Waals surface area contributed by atoms with Gasteiger partial charge in [0.25, 0.3) is 5.91 Å². The van der Waals surface area contributed by atoms with Crippen LogP contribution in [0.2, 0.25) is 0 Å². The first kappa shape index (κ1) is 15.5. The van der Waals surface area contributed by atoms with E-state index in [1.807, 2.05) is 26.0 Å². The second-order valence-corrected chi connectivity index (χ2v) is 5.33. The Balaban J connectivity index is 1.76. The van der Waals surface area contributed by atoms with Crippen LogP contribution in [0.4, 0.5) is 0 Å². The van der Waals surface area contributed by atoms with Gasteiger partial charge in [0, 0.05) is 13.2 Å². The lowest BCUT2D eigenvalue weighted by atomic mass is 10.1. The zero-order valence-electron chi connectivity index (χ0n) is 12.5. The van der Waals surface area contributed by atoms with Crippen LogP contribution in [-0.2, 0) is 14.3 Å². The van der Waals surface area contributed by atoms with Crippen molar-refractivity contribution in [2.45, 2.75) is 32.8 Å². The molecule has 0 bridgehead atoms. The molecule has 0 spiro atoms. The first-order chi connectivity index (χ1) is 10.1. The van der Waals surface area contributed by atoms with Crippen molar-refractivity contribution < 1.29 is 19.1 Å². The van der Waals surface area contributed by atoms with Crippen molar-refractivity contribution in [3.05, 3.63) is 34.9 Å². The molecule has 0 saturated carbocycles. The third kappa shape index (κ3) is 4.56. The van der Waals surface area contributed by atoms with Gasteiger partial charge in [0.1, 0.15) is 0 Å². The highest BCUT2D eigenvalue weighted by molar-refractivity contribution is 5.92. The molecular weight excluding hydrogens is 270 g/mol. The summed E-state index contributed by atoms with van der Waals surface area (Å²) < 4.78 is 10.4. The Morgan fingerprint density at radius 1 is 1.38 bits per heavy atom. The van der Waals surface area contributed by atoms with Gasteiger partial charge in [-0.05, 0) is 38.3 Å². The molecule has 1 atom stereocenters. The Hall–Kier alpha value is -1.88. The van der Waals surface area contributed by atoms with E-state index in [4.69, 9.17) is 9.47 Å².